The quantitative estimate of drug-likeness (QED) is 0.407. The first kappa shape index (κ1) is 17.8. The zero-order valence-corrected chi connectivity index (χ0v) is 12.9. The summed E-state index contributed by atoms with van der Waals surface area (Å²) in [4.78, 5) is 9.73. The molecule has 7 nitrogen and oxygen atoms in total. The van der Waals surface area contributed by atoms with E-state index in [0.29, 0.717) is 12.8 Å². The van der Waals surface area contributed by atoms with Crippen LogP contribution in [0.2, 0.25) is 5.02 Å². The number of benzene rings is 1. The van der Waals surface area contributed by atoms with E-state index in [2.05, 4.69) is 4.72 Å². The van der Waals surface area contributed by atoms with E-state index in [1.807, 2.05) is 0 Å². The molecule has 0 heterocycles. The van der Waals surface area contributed by atoms with Crippen molar-refractivity contribution in [1.29, 1.82) is 0 Å². The molecule has 0 spiro atoms. The van der Waals surface area contributed by atoms with Gasteiger partial charge in [-0.1, -0.05) is 24.4 Å². The van der Waals surface area contributed by atoms with Crippen LogP contribution in [0.5, 0.6) is 0 Å². The van der Waals surface area contributed by atoms with Crippen LogP contribution in [-0.2, 0) is 10.0 Å². The lowest BCUT2D eigenvalue weighted by atomic mass is 10.2. The average Bonchev–Trinajstić information content (AvgIpc) is 2.42. The summed E-state index contributed by atoms with van der Waals surface area (Å²) >= 11 is 5.65. The van der Waals surface area contributed by atoms with E-state index in [1.165, 1.54) is 6.07 Å². The summed E-state index contributed by atoms with van der Waals surface area (Å²) in [5, 5.41) is 19.6. The molecule has 118 valence electrons. The molecule has 21 heavy (non-hydrogen) atoms. The van der Waals surface area contributed by atoms with Gasteiger partial charge in [0.15, 0.2) is 4.90 Å². The Bertz CT molecular complexity index is 591. The molecule has 0 aromatic heterocycles. The van der Waals surface area contributed by atoms with E-state index in [9.17, 15) is 18.5 Å². The summed E-state index contributed by atoms with van der Waals surface area (Å²) in [6.07, 6.45) is 2.85. The number of sulfonamides is 1. The molecule has 2 N–H and O–H groups in total. The topological polar surface area (TPSA) is 110 Å². The number of halogens is 1. The Morgan fingerprint density at radius 2 is 1.90 bits per heavy atom. The molecular formula is C12H17ClN2O5S. The molecule has 0 saturated carbocycles. The number of nitrogens with zero attached hydrogens (tertiary/aromatic N) is 1. The Morgan fingerprint density at radius 1 is 1.24 bits per heavy atom. The first-order valence-corrected chi connectivity index (χ1v) is 8.29. The van der Waals surface area contributed by atoms with Gasteiger partial charge in [-0.15, -0.1) is 0 Å². The summed E-state index contributed by atoms with van der Waals surface area (Å²) in [6.45, 7) is 0.302. The van der Waals surface area contributed by atoms with Crippen LogP contribution in [0.25, 0.3) is 0 Å². The highest BCUT2D eigenvalue weighted by atomic mass is 35.5. The van der Waals surface area contributed by atoms with Gasteiger partial charge >= 0.3 is 0 Å². The SMILES string of the molecule is O=[N+]([O-])c1cc(Cl)ccc1S(=O)(=O)NCCCCCCO. The normalized spacial score (nSPS) is 11.5. The highest BCUT2D eigenvalue weighted by molar-refractivity contribution is 7.89. The summed E-state index contributed by atoms with van der Waals surface area (Å²) < 4.78 is 26.4. The number of rotatable bonds is 9. The molecule has 0 radical (unpaired) electrons. The van der Waals surface area contributed by atoms with Crippen LogP contribution in [-0.4, -0.2) is 31.6 Å². The number of aliphatic hydroxyl groups is 1. The van der Waals surface area contributed by atoms with Gasteiger partial charge in [-0.3, -0.25) is 10.1 Å². The van der Waals surface area contributed by atoms with Crippen molar-refractivity contribution in [2.24, 2.45) is 0 Å². The Labute approximate surface area is 128 Å². The fourth-order valence-corrected chi connectivity index (χ4v) is 3.13. The standard InChI is InChI=1S/C12H17ClN2O5S/c13-10-5-6-12(11(9-10)15(17)18)21(19,20)14-7-3-1-2-4-8-16/h5-6,9,14,16H,1-4,7-8H2. The number of hydrogen-bond acceptors (Lipinski definition) is 5. The molecule has 0 aliphatic carbocycles. The van der Waals surface area contributed by atoms with Gasteiger partial charge in [0.2, 0.25) is 10.0 Å². The second-order valence-electron chi connectivity index (χ2n) is 4.40. The van der Waals surface area contributed by atoms with E-state index >= 15 is 0 Å². The van der Waals surface area contributed by atoms with Crippen molar-refractivity contribution in [3.8, 4) is 0 Å². The first-order valence-electron chi connectivity index (χ1n) is 6.43. The van der Waals surface area contributed by atoms with E-state index in [1.54, 1.807) is 0 Å². The maximum Gasteiger partial charge on any atom is 0.290 e. The third kappa shape index (κ3) is 5.58. The van der Waals surface area contributed by atoms with Crippen molar-refractivity contribution in [2.75, 3.05) is 13.2 Å². The molecule has 9 heteroatoms. The molecule has 0 fully saturated rings. The summed E-state index contributed by atoms with van der Waals surface area (Å²) in [5.41, 5.74) is -0.546. The molecule has 0 aliphatic rings. The molecule has 0 unspecified atom stereocenters. The molecule has 0 bridgehead atoms. The monoisotopic (exact) mass is 336 g/mol. The van der Waals surface area contributed by atoms with Crippen LogP contribution in [0.1, 0.15) is 25.7 Å². The lowest BCUT2D eigenvalue weighted by Gasteiger charge is -2.07. The minimum atomic E-state index is -3.95. The second kappa shape index (κ2) is 8.28. The van der Waals surface area contributed by atoms with E-state index < -0.39 is 25.5 Å². The van der Waals surface area contributed by atoms with Crippen molar-refractivity contribution in [3.63, 3.8) is 0 Å². The lowest BCUT2D eigenvalue weighted by molar-refractivity contribution is -0.387. The highest BCUT2D eigenvalue weighted by Crippen LogP contribution is 2.26. The molecule has 0 aliphatic heterocycles. The Hall–Kier alpha value is -1.22. The molecule has 0 amide bonds. The number of nitro groups is 1. The lowest BCUT2D eigenvalue weighted by Crippen LogP contribution is -2.25. The van der Waals surface area contributed by atoms with E-state index in [0.717, 1.165) is 25.0 Å². The minimum absolute atomic E-state index is 0.102. The second-order valence-corrected chi connectivity index (χ2v) is 6.58. The zero-order chi connectivity index (χ0) is 15.9. The minimum Gasteiger partial charge on any atom is -0.396 e. The number of aliphatic hydroxyl groups excluding tert-OH is 1. The third-order valence-electron chi connectivity index (χ3n) is 2.78. The van der Waals surface area contributed by atoms with Crippen LogP contribution in [0.15, 0.2) is 23.1 Å². The Kier molecular flexibility index (Phi) is 7.03. The van der Waals surface area contributed by atoms with Gasteiger partial charge in [-0.05, 0) is 25.0 Å². The number of nitrogens with one attached hydrogen (secondary N) is 1. The number of hydrogen-bond donors (Lipinski definition) is 2. The van der Waals surface area contributed by atoms with Crippen molar-refractivity contribution >= 4 is 27.3 Å². The van der Waals surface area contributed by atoms with Crippen LogP contribution in [0.3, 0.4) is 0 Å². The van der Waals surface area contributed by atoms with Gasteiger partial charge in [0.1, 0.15) is 0 Å². The Morgan fingerprint density at radius 3 is 2.52 bits per heavy atom. The Balaban J connectivity index is 2.72. The number of unbranched alkanes of at least 4 members (excludes halogenated alkanes) is 3. The van der Waals surface area contributed by atoms with Gasteiger partial charge < -0.3 is 5.11 Å². The first-order chi connectivity index (χ1) is 9.88. The summed E-state index contributed by atoms with van der Waals surface area (Å²) in [7, 11) is -3.95. The van der Waals surface area contributed by atoms with Gasteiger partial charge in [-0.2, -0.15) is 0 Å². The summed E-state index contributed by atoms with van der Waals surface area (Å²) in [6, 6.07) is 3.43. The average molecular weight is 337 g/mol. The van der Waals surface area contributed by atoms with Crippen molar-refractivity contribution in [1.82, 2.24) is 4.72 Å². The highest BCUT2D eigenvalue weighted by Gasteiger charge is 2.25. The molecule has 0 atom stereocenters. The van der Waals surface area contributed by atoms with Crippen molar-refractivity contribution < 1.29 is 18.4 Å². The maximum absolute atomic E-state index is 12.1. The molecule has 1 aromatic rings. The van der Waals surface area contributed by atoms with Crippen LogP contribution < -0.4 is 4.72 Å². The number of nitro benzene ring substituents is 1. The predicted octanol–water partition coefficient (Wildman–Crippen LogP) is 2.08. The van der Waals surface area contributed by atoms with Crippen LogP contribution >= 0.6 is 11.6 Å². The molecular weight excluding hydrogens is 320 g/mol. The largest absolute Gasteiger partial charge is 0.396 e. The summed E-state index contributed by atoms with van der Waals surface area (Å²) in [5.74, 6) is 0. The molecule has 0 saturated heterocycles. The van der Waals surface area contributed by atoms with E-state index in [4.69, 9.17) is 16.7 Å². The fraction of sp³-hybridized carbons (Fsp3) is 0.500. The van der Waals surface area contributed by atoms with Crippen LogP contribution in [0.4, 0.5) is 5.69 Å². The molecule has 1 rings (SSSR count). The smallest absolute Gasteiger partial charge is 0.290 e. The zero-order valence-electron chi connectivity index (χ0n) is 11.3. The predicted molar refractivity (Wildman–Crippen MR) is 78.8 cm³/mol. The fourth-order valence-electron chi connectivity index (χ4n) is 1.74. The van der Waals surface area contributed by atoms with Crippen LogP contribution in [0, 0.1) is 10.1 Å². The van der Waals surface area contributed by atoms with Crippen molar-refractivity contribution in [3.05, 3.63) is 33.3 Å². The van der Waals surface area contributed by atoms with Crippen molar-refractivity contribution in [2.45, 2.75) is 30.6 Å². The van der Waals surface area contributed by atoms with Gasteiger partial charge in [0.05, 0.1) is 4.92 Å². The molecule has 1 aromatic carbocycles. The third-order valence-corrected chi connectivity index (χ3v) is 4.53. The van der Waals surface area contributed by atoms with Gasteiger partial charge in [0, 0.05) is 24.2 Å². The van der Waals surface area contributed by atoms with Gasteiger partial charge in [0.25, 0.3) is 5.69 Å². The maximum atomic E-state index is 12.1. The van der Waals surface area contributed by atoms with E-state index in [-0.39, 0.29) is 18.2 Å². The van der Waals surface area contributed by atoms with Gasteiger partial charge in [-0.25, -0.2) is 13.1 Å².